The molecule has 0 aliphatic heterocycles. The molecule has 0 unspecified atom stereocenters. The van der Waals surface area contributed by atoms with E-state index in [0.717, 1.165) is 16.7 Å². The predicted molar refractivity (Wildman–Crippen MR) is 86.3 cm³/mol. The van der Waals surface area contributed by atoms with Gasteiger partial charge in [-0.15, -0.1) is 12.4 Å². The molecule has 1 amide bonds. The maximum Gasteiger partial charge on any atom is 0.274 e. The molecule has 114 valence electrons. The third-order valence-corrected chi connectivity index (χ3v) is 2.71. The number of hydrogen-bond donors (Lipinski definition) is 3. The maximum atomic E-state index is 12.0. The Balaban J connectivity index is 0.00000220. The molecule has 0 saturated carbocycles. The van der Waals surface area contributed by atoms with Crippen LogP contribution in [0.3, 0.4) is 0 Å². The average molecular weight is 311 g/mol. The summed E-state index contributed by atoms with van der Waals surface area (Å²) in [5.41, 5.74) is 6.72. The van der Waals surface area contributed by atoms with Crippen LogP contribution < -0.4 is 15.8 Å². The number of fused-ring (bicyclic) bond motifs is 1. The van der Waals surface area contributed by atoms with Gasteiger partial charge >= 0.3 is 0 Å². The molecule has 2 aromatic rings. The van der Waals surface area contributed by atoms with E-state index in [0.29, 0.717) is 5.69 Å². The zero-order chi connectivity index (χ0) is 14.7. The van der Waals surface area contributed by atoms with Gasteiger partial charge in [0.1, 0.15) is 11.4 Å². The highest BCUT2D eigenvalue weighted by Gasteiger charge is 2.13. The first-order valence-corrected chi connectivity index (χ1v) is 6.33. The minimum atomic E-state index is -0.334. The summed E-state index contributed by atoms with van der Waals surface area (Å²) in [7, 11) is 1.51. The van der Waals surface area contributed by atoms with Crippen LogP contribution in [-0.2, 0) is 0 Å². The van der Waals surface area contributed by atoms with Crippen LogP contribution in [0.5, 0.6) is 5.75 Å². The molecule has 7 heteroatoms. The summed E-state index contributed by atoms with van der Waals surface area (Å²) in [5.74, 6) is 0.483. The van der Waals surface area contributed by atoms with Gasteiger partial charge in [-0.05, 0) is 32.0 Å². The molecular formula is C14H19ClN4O2. The van der Waals surface area contributed by atoms with Crippen molar-refractivity contribution in [3.63, 3.8) is 0 Å². The molecule has 0 radical (unpaired) electrons. The molecular weight excluding hydrogens is 292 g/mol. The molecule has 0 spiro atoms. The standard InChI is InChI=1S/C14H18N4O2.ClH/c1-8(2)20-12-6-4-5-10-9(12)7-11(17-10)13(19)18-14(15)16-3;/h4-8,17H,1-3H3,(H3,15,16,18,19);1H. The summed E-state index contributed by atoms with van der Waals surface area (Å²) in [6.07, 6.45) is 0.0654. The predicted octanol–water partition coefficient (Wildman–Crippen LogP) is 2.05. The van der Waals surface area contributed by atoms with Crippen LogP contribution in [-0.4, -0.2) is 30.0 Å². The van der Waals surface area contributed by atoms with E-state index < -0.39 is 0 Å². The van der Waals surface area contributed by atoms with Crippen molar-refractivity contribution in [2.24, 2.45) is 10.7 Å². The Morgan fingerprint density at radius 3 is 2.76 bits per heavy atom. The number of aromatic nitrogens is 1. The van der Waals surface area contributed by atoms with Crippen LogP contribution >= 0.6 is 12.4 Å². The lowest BCUT2D eigenvalue weighted by Gasteiger charge is -2.10. The van der Waals surface area contributed by atoms with E-state index >= 15 is 0 Å². The molecule has 0 bridgehead atoms. The number of guanidine groups is 1. The number of H-pyrrole nitrogens is 1. The molecule has 21 heavy (non-hydrogen) atoms. The van der Waals surface area contributed by atoms with Gasteiger partial charge in [-0.1, -0.05) is 6.07 Å². The van der Waals surface area contributed by atoms with Crippen molar-refractivity contribution in [2.45, 2.75) is 20.0 Å². The first-order valence-electron chi connectivity index (χ1n) is 6.33. The van der Waals surface area contributed by atoms with Crippen molar-refractivity contribution >= 4 is 35.2 Å². The SMILES string of the molecule is CN=C(N)NC(=O)c1cc2c(OC(C)C)cccc2[nH]1.Cl. The van der Waals surface area contributed by atoms with Gasteiger partial charge in [0.2, 0.25) is 0 Å². The second kappa shape index (κ2) is 6.99. The molecule has 1 aromatic heterocycles. The second-order valence-electron chi connectivity index (χ2n) is 4.63. The zero-order valence-corrected chi connectivity index (χ0v) is 13.0. The summed E-state index contributed by atoms with van der Waals surface area (Å²) >= 11 is 0. The van der Waals surface area contributed by atoms with E-state index in [-0.39, 0.29) is 30.4 Å². The molecule has 0 aliphatic rings. The monoisotopic (exact) mass is 310 g/mol. The second-order valence-corrected chi connectivity index (χ2v) is 4.63. The number of benzene rings is 1. The van der Waals surface area contributed by atoms with Gasteiger partial charge < -0.3 is 15.5 Å². The Bertz CT molecular complexity index is 664. The first kappa shape index (κ1) is 16.8. The molecule has 6 nitrogen and oxygen atoms in total. The van der Waals surface area contributed by atoms with Gasteiger partial charge in [0.05, 0.1) is 6.10 Å². The molecule has 0 fully saturated rings. The number of halogens is 1. The highest BCUT2D eigenvalue weighted by Crippen LogP contribution is 2.27. The molecule has 0 atom stereocenters. The topological polar surface area (TPSA) is 92.5 Å². The highest BCUT2D eigenvalue weighted by atomic mass is 35.5. The number of nitrogens with one attached hydrogen (secondary N) is 2. The Morgan fingerprint density at radius 1 is 1.43 bits per heavy atom. The third kappa shape index (κ3) is 3.88. The lowest BCUT2D eigenvalue weighted by molar-refractivity contribution is 0.0972. The molecule has 1 aromatic carbocycles. The Morgan fingerprint density at radius 2 is 2.14 bits per heavy atom. The van der Waals surface area contributed by atoms with Gasteiger partial charge in [0.15, 0.2) is 5.96 Å². The summed E-state index contributed by atoms with van der Waals surface area (Å²) in [6.45, 7) is 3.91. The van der Waals surface area contributed by atoms with Crippen LogP contribution in [0.25, 0.3) is 10.9 Å². The molecule has 2 rings (SSSR count). The smallest absolute Gasteiger partial charge is 0.274 e. The quantitative estimate of drug-likeness (QED) is 0.598. The minimum Gasteiger partial charge on any atom is -0.490 e. The fraction of sp³-hybridized carbons (Fsp3) is 0.286. The number of aliphatic imine (C=N–C) groups is 1. The summed E-state index contributed by atoms with van der Waals surface area (Å²) in [5, 5.41) is 3.34. The molecule has 0 saturated heterocycles. The largest absolute Gasteiger partial charge is 0.490 e. The van der Waals surface area contributed by atoms with E-state index in [1.807, 2.05) is 32.0 Å². The molecule has 0 aliphatic carbocycles. The van der Waals surface area contributed by atoms with Gasteiger partial charge in [-0.25, -0.2) is 0 Å². The zero-order valence-electron chi connectivity index (χ0n) is 12.1. The lowest BCUT2D eigenvalue weighted by Crippen LogP contribution is -2.36. The van der Waals surface area contributed by atoms with Gasteiger partial charge in [0.25, 0.3) is 5.91 Å². The number of nitrogens with zero attached hydrogens (tertiary/aromatic N) is 1. The van der Waals surface area contributed by atoms with Crippen molar-refractivity contribution in [3.8, 4) is 5.75 Å². The number of ether oxygens (including phenoxy) is 1. The fourth-order valence-electron chi connectivity index (χ4n) is 1.85. The van der Waals surface area contributed by atoms with Crippen LogP contribution in [0.1, 0.15) is 24.3 Å². The van der Waals surface area contributed by atoms with Crippen molar-refractivity contribution in [1.82, 2.24) is 10.3 Å². The molecule has 1 heterocycles. The van der Waals surface area contributed by atoms with Gasteiger partial charge in [0, 0.05) is 18.0 Å². The van der Waals surface area contributed by atoms with E-state index in [9.17, 15) is 4.79 Å². The number of rotatable bonds is 3. The number of carbonyl (C=O) groups is 1. The highest BCUT2D eigenvalue weighted by molar-refractivity contribution is 6.07. The maximum absolute atomic E-state index is 12.0. The van der Waals surface area contributed by atoms with Crippen LogP contribution in [0, 0.1) is 0 Å². The fourth-order valence-corrected chi connectivity index (χ4v) is 1.85. The minimum absolute atomic E-state index is 0. The average Bonchev–Trinajstić information content (AvgIpc) is 2.83. The number of hydrogen-bond acceptors (Lipinski definition) is 3. The number of carbonyl (C=O) groups excluding carboxylic acids is 1. The van der Waals surface area contributed by atoms with Crippen molar-refractivity contribution in [2.75, 3.05) is 7.05 Å². The van der Waals surface area contributed by atoms with E-state index in [4.69, 9.17) is 10.5 Å². The van der Waals surface area contributed by atoms with Crippen molar-refractivity contribution < 1.29 is 9.53 Å². The van der Waals surface area contributed by atoms with E-state index in [1.165, 1.54) is 7.05 Å². The van der Waals surface area contributed by atoms with E-state index in [2.05, 4.69) is 15.3 Å². The number of nitrogens with two attached hydrogens (primary N) is 1. The van der Waals surface area contributed by atoms with Gasteiger partial charge in [-0.3, -0.25) is 15.1 Å². The van der Waals surface area contributed by atoms with Crippen LogP contribution in [0.2, 0.25) is 0 Å². The Labute approximate surface area is 129 Å². The van der Waals surface area contributed by atoms with Crippen LogP contribution in [0.4, 0.5) is 0 Å². The lowest BCUT2D eigenvalue weighted by atomic mass is 10.2. The van der Waals surface area contributed by atoms with Gasteiger partial charge in [-0.2, -0.15) is 0 Å². The number of amides is 1. The van der Waals surface area contributed by atoms with Crippen molar-refractivity contribution in [3.05, 3.63) is 30.0 Å². The van der Waals surface area contributed by atoms with E-state index in [1.54, 1.807) is 6.07 Å². The summed E-state index contributed by atoms with van der Waals surface area (Å²) < 4.78 is 5.72. The summed E-state index contributed by atoms with van der Waals surface area (Å²) in [6, 6.07) is 7.38. The van der Waals surface area contributed by atoms with Crippen LogP contribution in [0.15, 0.2) is 29.3 Å². The Hall–Kier alpha value is -2.21. The summed E-state index contributed by atoms with van der Waals surface area (Å²) in [4.78, 5) is 18.7. The van der Waals surface area contributed by atoms with Crippen molar-refractivity contribution in [1.29, 1.82) is 0 Å². The normalized spacial score (nSPS) is 11.3. The number of aromatic amines is 1. The molecule has 4 N–H and O–H groups in total. The Kier molecular flexibility index (Phi) is 5.60. The first-order chi connectivity index (χ1) is 9.51. The third-order valence-electron chi connectivity index (χ3n) is 2.71.